The summed E-state index contributed by atoms with van der Waals surface area (Å²) in [5.74, 6) is -0.0986. The van der Waals surface area contributed by atoms with E-state index in [9.17, 15) is 4.79 Å². The highest BCUT2D eigenvalue weighted by atomic mass is 16.1. The molecule has 0 spiro atoms. The van der Waals surface area contributed by atoms with Crippen LogP contribution in [0.3, 0.4) is 0 Å². The molecule has 0 fully saturated rings. The quantitative estimate of drug-likeness (QED) is 0.829. The Balaban J connectivity index is 2.33. The first-order valence-electron chi connectivity index (χ1n) is 7.17. The first kappa shape index (κ1) is 14.9. The number of para-hydroxylation sites is 1. The maximum atomic E-state index is 11.8. The summed E-state index contributed by atoms with van der Waals surface area (Å²) in [4.78, 5) is 14.0. The van der Waals surface area contributed by atoms with E-state index in [-0.39, 0.29) is 5.91 Å². The van der Waals surface area contributed by atoms with Crippen LogP contribution in [-0.2, 0) is 0 Å². The summed E-state index contributed by atoms with van der Waals surface area (Å²) in [5.41, 5.74) is 9.33. The van der Waals surface area contributed by atoms with Gasteiger partial charge in [-0.15, -0.1) is 0 Å². The van der Waals surface area contributed by atoms with E-state index in [1.807, 2.05) is 49.4 Å². The molecule has 2 aromatic carbocycles. The predicted octanol–water partition coefficient (Wildman–Crippen LogP) is 3.18. The van der Waals surface area contributed by atoms with Gasteiger partial charge in [-0.3, -0.25) is 4.79 Å². The van der Waals surface area contributed by atoms with Crippen LogP contribution in [0.2, 0.25) is 0 Å². The second kappa shape index (κ2) is 6.79. The molecule has 0 atom stereocenters. The predicted molar refractivity (Wildman–Crippen MR) is 88.0 cm³/mol. The van der Waals surface area contributed by atoms with Crippen molar-refractivity contribution < 1.29 is 4.79 Å². The molecule has 4 heteroatoms. The molecular weight excluding hydrogens is 262 g/mol. The van der Waals surface area contributed by atoms with E-state index < -0.39 is 0 Å². The third-order valence-electron chi connectivity index (χ3n) is 3.30. The van der Waals surface area contributed by atoms with Crippen molar-refractivity contribution in [1.29, 1.82) is 0 Å². The summed E-state index contributed by atoms with van der Waals surface area (Å²) in [6.45, 7) is 5.37. The fraction of sp³-hybridized carbons (Fsp3) is 0.235. The number of carbonyl (C=O) groups excluding carboxylic acids is 1. The Kier molecular flexibility index (Phi) is 4.82. The molecule has 0 radical (unpaired) electrons. The lowest BCUT2D eigenvalue weighted by Crippen LogP contribution is -2.23. The van der Waals surface area contributed by atoms with Gasteiger partial charge in [0.15, 0.2) is 0 Å². The molecular formula is C17H21N3O. The van der Waals surface area contributed by atoms with Gasteiger partial charge in [0.2, 0.25) is 0 Å². The molecule has 4 nitrogen and oxygen atoms in total. The fourth-order valence-corrected chi connectivity index (χ4v) is 2.30. The summed E-state index contributed by atoms with van der Waals surface area (Å²) >= 11 is 0. The van der Waals surface area contributed by atoms with E-state index in [4.69, 9.17) is 5.73 Å². The maximum absolute atomic E-state index is 11.8. The van der Waals surface area contributed by atoms with Crippen LogP contribution in [-0.4, -0.2) is 19.0 Å². The van der Waals surface area contributed by atoms with Crippen LogP contribution >= 0.6 is 0 Å². The van der Waals surface area contributed by atoms with Gasteiger partial charge in [0.1, 0.15) is 0 Å². The highest BCUT2D eigenvalue weighted by Gasteiger charge is 2.12. The van der Waals surface area contributed by atoms with Crippen LogP contribution in [0, 0.1) is 0 Å². The average molecular weight is 283 g/mol. The second-order valence-electron chi connectivity index (χ2n) is 4.71. The molecule has 2 rings (SSSR count). The van der Waals surface area contributed by atoms with Crippen molar-refractivity contribution in [2.24, 2.45) is 0 Å². The fourth-order valence-electron chi connectivity index (χ4n) is 2.30. The zero-order valence-corrected chi connectivity index (χ0v) is 12.5. The Morgan fingerprint density at radius 1 is 1.14 bits per heavy atom. The molecule has 3 N–H and O–H groups in total. The zero-order valence-electron chi connectivity index (χ0n) is 12.5. The van der Waals surface area contributed by atoms with Crippen LogP contribution in [0.25, 0.3) is 0 Å². The van der Waals surface area contributed by atoms with Crippen LogP contribution in [0.4, 0.5) is 17.1 Å². The van der Waals surface area contributed by atoms with Gasteiger partial charge in [-0.05, 0) is 44.2 Å². The highest BCUT2D eigenvalue weighted by molar-refractivity contribution is 5.96. The number of hydrogen-bond acceptors (Lipinski definition) is 3. The van der Waals surface area contributed by atoms with Gasteiger partial charge in [0.25, 0.3) is 5.91 Å². The van der Waals surface area contributed by atoms with Crippen molar-refractivity contribution in [3.05, 3.63) is 54.1 Å². The summed E-state index contributed by atoms with van der Waals surface area (Å²) in [6, 6.07) is 15.5. The molecule has 0 aliphatic carbocycles. The Bertz CT molecular complexity index is 611. The number of amides is 1. The minimum atomic E-state index is -0.0986. The molecule has 110 valence electrons. The number of benzene rings is 2. The lowest BCUT2D eigenvalue weighted by atomic mass is 10.1. The number of carbonyl (C=O) groups is 1. The van der Waals surface area contributed by atoms with E-state index in [0.717, 1.165) is 17.9 Å². The Hall–Kier alpha value is -2.49. The first-order valence-corrected chi connectivity index (χ1v) is 7.17. The van der Waals surface area contributed by atoms with Crippen LogP contribution < -0.4 is 16.0 Å². The number of nitrogen functional groups attached to an aromatic ring is 1. The molecule has 1 amide bonds. The number of hydrogen-bond donors (Lipinski definition) is 2. The van der Waals surface area contributed by atoms with Crippen molar-refractivity contribution in [3.63, 3.8) is 0 Å². The third-order valence-corrected chi connectivity index (χ3v) is 3.30. The van der Waals surface area contributed by atoms with E-state index in [1.165, 1.54) is 0 Å². The molecule has 0 saturated heterocycles. The smallest absolute Gasteiger partial charge is 0.251 e. The van der Waals surface area contributed by atoms with Crippen molar-refractivity contribution >= 4 is 23.0 Å². The minimum absolute atomic E-state index is 0.0986. The molecule has 21 heavy (non-hydrogen) atoms. The molecule has 0 bridgehead atoms. The van der Waals surface area contributed by atoms with Gasteiger partial charge < -0.3 is 16.0 Å². The second-order valence-corrected chi connectivity index (χ2v) is 4.71. The summed E-state index contributed by atoms with van der Waals surface area (Å²) in [6.07, 6.45) is 0. The van der Waals surface area contributed by atoms with Crippen molar-refractivity contribution in [3.8, 4) is 0 Å². The number of rotatable bonds is 5. The van der Waals surface area contributed by atoms with E-state index in [0.29, 0.717) is 17.8 Å². The van der Waals surface area contributed by atoms with E-state index in [1.54, 1.807) is 6.07 Å². The lowest BCUT2D eigenvalue weighted by Gasteiger charge is -2.25. The summed E-state index contributed by atoms with van der Waals surface area (Å²) in [7, 11) is 0. The normalized spacial score (nSPS) is 10.2. The number of nitrogens with one attached hydrogen (secondary N) is 1. The van der Waals surface area contributed by atoms with Gasteiger partial charge >= 0.3 is 0 Å². The Morgan fingerprint density at radius 2 is 1.86 bits per heavy atom. The SMILES string of the molecule is CCNC(=O)c1ccc(N(CC)c2ccccc2)c(N)c1. The van der Waals surface area contributed by atoms with E-state index >= 15 is 0 Å². The molecule has 0 saturated carbocycles. The van der Waals surface area contributed by atoms with Crippen LogP contribution in [0.1, 0.15) is 24.2 Å². The van der Waals surface area contributed by atoms with Crippen LogP contribution in [0.5, 0.6) is 0 Å². The van der Waals surface area contributed by atoms with Gasteiger partial charge in [-0.25, -0.2) is 0 Å². The molecule has 0 aliphatic rings. The lowest BCUT2D eigenvalue weighted by molar-refractivity contribution is 0.0956. The largest absolute Gasteiger partial charge is 0.397 e. The maximum Gasteiger partial charge on any atom is 0.251 e. The molecule has 2 aromatic rings. The first-order chi connectivity index (χ1) is 10.2. The van der Waals surface area contributed by atoms with Gasteiger partial charge in [-0.2, -0.15) is 0 Å². The Labute approximate surface area is 125 Å². The minimum Gasteiger partial charge on any atom is -0.397 e. The monoisotopic (exact) mass is 283 g/mol. The topological polar surface area (TPSA) is 58.4 Å². The summed E-state index contributed by atoms with van der Waals surface area (Å²) < 4.78 is 0. The average Bonchev–Trinajstić information content (AvgIpc) is 2.51. The number of nitrogens with zero attached hydrogens (tertiary/aromatic N) is 1. The molecule has 0 unspecified atom stereocenters. The standard InChI is InChI=1S/C17H21N3O/c1-3-19-17(21)13-10-11-16(15(18)12-13)20(4-2)14-8-6-5-7-9-14/h5-12H,3-4,18H2,1-2H3,(H,19,21). The molecule has 0 aromatic heterocycles. The van der Waals surface area contributed by atoms with Gasteiger partial charge in [0, 0.05) is 24.3 Å². The van der Waals surface area contributed by atoms with Crippen LogP contribution in [0.15, 0.2) is 48.5 Å². The molecule has 0 aliphatic heterocycles. The van der Waals surface area contributed by atoms with Gasteiger partial charge in [-0.1, -0.05) is 18.2 Å². The number of anilines is 3. The van der Waals surface area contributed by atoms with Crippen molar-refractivity contribution in [1.82, 2.24) is 5.32 Å². The molecule has 0 heterocycles. The van der Waals surface area contributed by atoms with Crippen molar-refractivity contribution in [2.75, 3.05) is 23.7 Å². The van der Waals surface area contributed by atoms with E-state index in [2.05, 4.69) is 17.1 Å². The van der Waals surface area contributed by atoms with Gasteiger partial charge in [0.05, 0.1) is 11.4 Å². The van der Waals surface area contributed by atoms with Crippen molar-refractivity contribution in [2.45, 2.75) is 13.8 Å². The summed E-state index contributed by atoms with van der Waals surface area (Å²) in [5, 5.41) is 2.78. The third kappa shape index (κ3) is 3.34. The highest BCUT2D eigenvalue weighted by Crippen LogP contribution is 2.30. The Morgan fingerprint density at radius 3 is 2.43 bits per heavy atom. The number of nitrogens with two attached hydrogens (primary N) is 1. The zero-order chi connectivity index (χ0) is 15.2.